The normalized spacial score (nSPS) is 15.6. The fourth-order valence-corrected chi connectivity index (χ4v) is 0.984. The van der Waals surface area contributed by atoms with Crippen molar-refractivity contribution < 1.29 is 9.78 Å². The van der Waals surface area contributed by atoms with Crippen LogP contribution < -0.4 is 4.89 Å². The molecule has 1 heterocycles. The SMILES string of the molecule is [c]1ccc2c(c1)CCOO2. The topological polar surface area (TPSA) is 18.5 Å². The Kier molecular flexibility index (Phi) is 1.32. The second-order valence-corrected chi connectivity index (χ2v) is 2.19. The quantitative estimate of drug-likeness (QED) is 0.500. The van der Waals surface area contributed by atoms with Gasteiger partial charge in [0.1, 0.15) is 0 Å². The van der Waals surface area contributed by atoms with Gasteiger partial charge in [-0.3, -0.25) is 0 Å². The van der Waals surface area contributed by atoms with Crippen LogP contribution >= 0.6 is 0 Å². The molecule has 0 fully saturated rings. The molecule has 0 atom stereocenters. The minimum Gasteiger partial charge on any atom is -0.337 e. The number of hydrogen-bond acceptors (Lipinski definition) is 2. The lowest BCUT2D eigenvalue weighted by molar-refractivity contribution is -0.215. The van der Waals surface area contributed by atoms with Crippen LogP contribution in [0.5, 0.6) is 5.75 Å². The third kappa shape index (κ3) is 0.866. The zero-order valence-corrected chi connectivity index (χ0v) is 5.46. The number of hydrogen-bond donors (Lipinski definition) is 0. The molecule has 2 heteroatoms. The van der Waals surface area contributed by atoms with Crippen molar-refractivity contribution in [3.8, 4) is 5.75 Å². The van der Waals surface area contributed by atoms with E-state index in [1.807, 2.05) is 18.2 Å². The minimum atomic E-state index is 0.644. The van der Waals surface area contributed by atoms with E-state index in [1.54, 1.807) is 0 Å². The molecular weight excluding hydrogens is 128 g/mol. The first-order valence-corrected chi connectivity index (χ1v) is 3.25. The van der Waals surface area contributed by atoms with Crippen LogP contribution in [0.2, 0.25) is 0 Å². The predicted molar refractivity (Wildman–Crippen MR) is 35.6 cm³/mol. The van der Waals surface area contributed by atoms with Gasteiger partial charge in [0.05, 0.1) is 6.61 Å². The van der Waals surface area contributed by atoms with Gasteiger partial charge in [0.25, 0.3) is 0 Å². The molecule has 1 aliphatic rings. The summed E-state index contributed by atoms with van der Waals surface area (Å²) in [6.07, 6.45) is 0.923. The van der Waals surface area contributed by atoms with E-state index < -0.39 is 0 Å². The molecule has 0 aliphatic carbocycles. The maximum Gasteiger partial charge on any atom is 0.168 e. The highest BCUT2D eigenvalue weighted by Gasteiger charge is 2.08. The highest BCUT2D eigenvalue weighted by atomic mass is 17.2. The molecule has 0 amide bonds. The van der Waals surface area contributed by atoms with Crippen molar-refractivity contribution in [2.24, 2.45) is 0 Å². The summed E-state index contributed by atoms with van der Waals surface area (Å²) in [5, 5.41) is 0. The lowest BCUT2D eigenvalue weighted by Crippen LogP contribution is -2.10. The van der Waals surface area contributed by atoms with Gasteiger partial charge in [0, 0.05) is 12.0 Å². The maximum absolute atomic E-state index is 4.90. The monoisotopic (exact) mass is 135 g/mol. The van der Waals surface area contributed by atoms with E-state index in [4.69, 9.17) is 9.78 Å². The third-order valence-corrected chi connectivity index (χ3v) is 1.51. The molecule has 0 unspecified atom stereocenters. The van der Waals surface area contributed by atoms with Crippen molar-refractivity contribution in [1.29, 1.82) is 0 Å². The zero-order chi connectivity index (χ0) is 6.81. The minimum absolute atomic E-state index is 0.644. The highest BCUT2D eigenvalue weighted by molar-refractivity contribution is 5.33. The Morgan fingerprint density at radius 3 is 3.40 bits per heavy atom. The highest BCUT2D eigenvalue weighted by Crippen LogP contribution is 2.21. The first kappa shape index (κ1) is 5.74. The van der Waals surface area contributed by atoms with E-state index in [0.717, 1.165) is 12.2 Å². The number of benzene rings is 1. The van der Waals surface area contributed by atoms with Gasteiger partial charge >= 0.3 is 0 Å². The van der Waals surface area contributed by atoms with E-state index in [9.17, 15) is 0 Å². The van der Waals surface area contributed by atoms with Crippen molar-refractivity contribution in [3.05, 3.63) is 29.8 Å². The summed E-state index contributed by atoms with van der Waals surface area (Å²) in [6.45, 7) is 0.644. The average Bonchev–Trinajstić information content (AvgIpc) is 2.05. The molecule has 10 heavy (non-hydrogen) atoms. The van der Waals surface area contributed by atoms with Gasteiger partial charge in [0.15, 0.2) is 5.75 Å². The van der Waals surface area contributed by atoms with Crippen LogP contribution in [0.4, 0.5) is 0 Å². The van der Waals surface area contributed by atoms with Crippen LogP contribution in [0.15, 0.2) is 18.2 Å². The summed E-state index contributed by atoms with van der Waals surface area (Å²) in [6, 6.07) is 8.58. The molecule has 51 valence electrons. The summed E-state index contributed by atoms with van der Waals surface area (Å²) < 4.78 is 0. The molecule has 2 nitrogen and oxygen atoms in total. The zero-order valence-electron chi connectivity index (χ0n) is 5.46. The van der Waals surface area contributed by atoms with Crippen molar-refractivity contribution in [3.63, 3.8) is 0 Å². The molecule has 1 aromatic rings. The van der Waals surface area contributed by atoms with Crippen LogP contribution in [0, 0.1) is 6.07 Å². The molecule has 1 aromatic carbocycles. The first-order valence-electron chi connectivity index (χ1n) is 3.25. The van der Waals surface area contributed by atoms with Crippen molar-refractivity contribution in [1.82, 2.24) is 0 Å². The average molecular weight is 135 g/mol. The molecule has 0 saturated heterocycles. The lowest BCUT2D eigenvalue weighted by Gasteiger charge is -2.13. The molecule has 2 rings (SSSR count). The molecule has 0 spiro atoms. The van der Waals surface area contributed by atoms with E-state index in [0.29, 0.717) is 6.61 Å². The lowest BCUT2D eigenvalue weighted by atomic mass is 10.1. The van der Waals surface area contributed by atoms with Crippen LogP contribution in [-0.2, 0) is 11.3 Å². The van der Waals surface area contributed by atoms with Crippen LogP contribution in [-0.4, -0.2) is 6.61 Å². The molecule has 0 bridgehead atoms. The van der Waals surface area contributed by atoms with Crippen molar-refractivity contribution >= 4 is 0 Å². The second kappa shape index (κ2) is 2.31. The van der Waals surface area contributed by atoms with Gasteiger partial charge in [-0.05, 0) is 18.2 Å². The van der Waals surface area contributed by atoms with E-state index in [1.165, 1.54) is 5.56 Å². The second-order valence-electron chi connectivity index (χ2n) is 2.19. The molecule has 1 aliphatic heterocycles. The Morgan fingerprint density at radius 1 is 1.50 bits per heavy atom. The molecular formula is C8H7O2. The number of fused-ring (bicyclic) bond motifs is 1. The van der Waals surface area contributed by atoms with Gasteiger partial charge in [-0.1, -0.05) is 6.07 Å². The van der Waals surface area contributed by atoms with Gasteiger partial charge in [0.2, 0.25) is 0 Å². The smallest absolute Gasteiger partial charge is 0.168 e. The summed E-state index contributed by atoms with van der Waals surface area (Å²) in [5.41, 5.74) is 1.17. The Morgan fingerprint density at radius 2 is 2.50 bits per heavy atom. The van der Waals surface area contributed by atoms with E-state index in [2.05, 4.69) is 6.07 Å². The summed E-state index contributed by atoms with van der Waals surface area (Å²) in [7, 11) is 0. The Balaban J connectivity index is 2.41. The molecule has 0 saturated carbocycles. The predicted octanol–water partition coefficient (Wildman–Crippen LogP) is 1.35. The molecule has 1 radical (unpaired) electrons. The summed E-state index contributed by atoms with van der Waals surface area (Å²) in [4.78, 5) is 9.69. The van der Waals surface area contributed by atoms with Gasteiger partial charge in [-0.15, -0.1) is 0 Å². The number of rotatable bonds is 0. The molecule has 0 aromatic heterocycles. The van der Waals surface area contributed by atoms with Crippen LogP contribution in [0.3, 0.4) is 0 Å². The Hall–Kier alpha value is -1.02. The summed E-state index contributed by atoms with van der Waals surface area (Å²) >= 11 is 0. The van der Waals surface area contributed by atoms with E-state index in [-0.39, 0.29) is 0 Å². The van der Waals surface area contributed by atoms with E-state index >= 15 is 0 Å². The fourth-order valence-electron chi connectivity index (χ4n) is 0.984. The Labute approximate surface area is 59.3 Å². The van der Waals surface area contributed by atoms with Gasteiger partial charge in [-0.2, -0.15) is 4.89 Å². The largest absolute Gasteiger partial charge is 0.337 e. The van der Waals surface area contributed by atoms with Crippen LogP contribution in [0.1, 0.15) is 5.56 Å². The van der Waals surface area contributed by atoms with Crippen molar-refractivity contribution in [2.75, 3.05) is 6.61 Å². The van der Waals surface area contributed by atoms with Crippen LogP contribution in [0.25, 0.3) is 0 Å². The summed E-state index contributed by atoms with van der Waals surface area (Å²) in [5.74, 6) is 0.824. The fraction of sp³-hybridized carbons (Fsp3) is 0.250. The van der Waals surface area contributed by atoms with Gasteiger partial charge in [-0.25, -0.2) is 0 Å². The Bertz CT molecular complexity index is 207. The standard InChI is InChI=1S/C8H7O2/c1-2-4-8-7(3-1)5-6-9-10-8/h2-4H,5-6H2. The van der Waals surface area contributed by atoms with Crippen molar-refractivity contribution in [2.45, 2.75) is 6.42 Å². The third-order valence-electron chi connectivity index (χ3n) is 1.51. The first-order chi connectivity index (χ1) is 4.97. The maximum atomic E-state index is 4.90. The van der Waals surface area contributed by atoms with Gasteiger partial charge < -0.3 is 4.89 Å². The molecule has 0 N–H and O–H groups in total.